The third-order valence-electron chi connectivity index (χ3n) is 5.67. The Bertz CT molecular complexity index is 1510. The summed E-state index contributed by atoms with van der Waals surface area (Å²) >= 11 is 0. The van der Waals surface area contributed by atoms with E-state index in [0.29, 0.717) is 0 Å². The van der Waals surface area contributed by atoms with Gasteiger partial charge in [0.15, 0.2) is 11.5 Å². The van der Waals surface area contributed by atoms with E-state index in [-0.39, 0.29) is 24.3 Å². The van der Waals surface area contributed by atoms with E-state index in [1.54, 1.807) is 0 Å². The van der Waals surface area contributed by atoms with Gasteiger partial charge in [-0.1, -0.05) is 0 Å². The third-order valence-corrected chi connectivity index (χ3v) is 5.67. The Balaban J connectivity index is 2.51. The minimum absolute atomic E-state index is 0.00159. The predicted octanol–water partition coefficient (Wildman–Crippen LogP) is 10.5. The Morgan fingerprint density at radius 1 is 0.370 bits per heavy atom. The summed E-state index contributed by atoms with van der Waals surface area (Å²) in [4.78, 5) is 0. The van der Waals surface area contributed by atoms with Crippen molar-refractivity contribution in [3.8, 4) is 23.0 Å². The van der Waals surface area contributed by atoms with Crippen LogP contribution in [0.25, 0.3) is 0 Å². The molecule has 0 fully saturated rings. The number of rotatable bonds is 4. The van der Waals surface area contributed by atoms with Crippen molar-refractivity contribution in [2.24, 2.45) is 0 Å². The van der Waals surface area contributed by atoms with Gasteiger partial charge in [-0.05, 0) is 30.3 Å². The number of nitrogens with two attached hydrogens (primary N) is 2. The normalized spacial score (nSPS) is 13.6. The topological polar surface area (TPSA) is 70.5 Å². The Kier molecular flexibility index (Phi) is 8.74. The van der Waals surface area contributed by atoms with Crippen LogP contribution in [-0.4, -0.2) is 0 Å². The average molecular weight is 700 g/mol. The summed E-state index contributed by atoms with van der Waals surface area (Å²) in [6.07, 6.45) is -35.9. The summed E-state index contributed by atoms with van der Waals surface area (Å²) in [6, 6.07) is -2.30. The number of anilines is 2. The quantitative estimate of drug-likeness (QED) is 0.210. The van der Waals surface area contributed by atoms with E-state index in [1.165, 1.54) is 0 Å². The first-order valence-electron chi connectivity index (χ1n) is 11.3. The van der Waals surface area contributed by atoms with E-state index in [1.807, 2.05) is 0 Å². The van der Waals surface area contributed by atoms with E-state index in [9.17, 15) is 79.0 Å². The van der Waals surface area contributed by atoms with Crippen LogP contribution in [0.15, 0.2) is 36.4 Å². The van der Waals surface area contributed by atoms with Crippen molar-refractivity contribution in [2.45, 2.75) is 37.1 Å². The molecule has 22 heteroatoms. The molecule has 0 aliphatic carbocycles. The van der Waals surface area contributed by atoms with Crippen molar-refractivity contribution < 1.29 is 88.5 Å². The van der Waals surface area contributed by atoms with Gasteiger partial charge in [0.1, 0.15) is 22.6 Å². The average Bonchev–Trinajstić information content (AvgIpc) is 2.79. The van der Waals surface area contributed by atoms with E-state index in [2.05, 4.69) is 9.47 Å². The van der Waals surface area contributed by atoms with Crippen molar-refractivity contribution in [1.29, 1.82) is 0 Å². The second kappa shape index (κ2) is 11.1. The highest BCUT2D eigenvalue weighted by atomic mass is 19.4. The van der Waals surface area contributed by atoms with Crippen LogP contribution in [0.4, 0.5) is 90.4 Å². The van der Waals surface area contributed by atoms with Crippen LogP contribution in [0, 0.1) is 0 Å². The molecule has 0 atom stereocenters. The van der Waals surface area contributed by atoms with Gasteiger partial charge >= 0.3 is 37.1 Å². The van der Waals surface area contributed by atoms with Gasteiger partial charge in [0.25, 0.3) is 0 Å². The van der Waals surface area contributed by atoms with Gasteiger partial charge < -0.3 is 20.9 Å². The van der Waals surface area contributed by atoms with E-state index < -0.39 is 117 Å². The molecule has 46 heavy (non-hydrogen) atoms. The monoisotopic (exact) mass is 700 g/mol. The van der Waals surface area contributed by atoms with Crippen LogP contribution in [-0.2, 0) is 37.1 Å². The molecule has 4 nitrogen and oxygen atoms in total. The SMILES string of the molecule is Nc1ccc(C(F)(F)F)c(Oc2cc(Oc3c(C(F)(F)F)ccc(N)c3C(F)(F)F)c(C(F)(F)F)cc2C(F)(F)F)c1C(F)(F)F. The molecule has 0 heterocycles. The number of benzene rings is 3. The lowest BCUT2D eigenvalue weighted by Gasteiger charge is -2.25. The zero-order valence-electron chi connectivity index (χ0n) is 21.2. The maximum absolute atomic E-state index is 13.8. The van der Waals surface area contributed by atoms with Crippen LogP contribution in [0.3, 0.4) is 0 Å². The molecule has 0 saturated heterocycles. The summed E-state index contributed by atoms with van der Waals surface area (Å²) in [7, 11) is 0. The lowest BCUT2D eigenvalue weighted by Crippen LogP contribution is -2.19. The number of ether oxygens (including phenoxy) is 2. The fourth-order valence-electron chi connectivity index (χ4n) is 3.83. The zero-order valence-corrected chi connectivity index (χ0v) is 21.2. The zero-order chi connectivity index (χ0) is 35.6. The van der Waals surface area contributed by atoms with Gasteiger partial charge in [-0.3, -0.25) is 0 Å². The minimum atomic E-state index is -6.13. The summed E-state index contributed by atoms with van der Waals surface area (Å²) in [5, 5.41) is 0. The van der Waals surface area contributed by atoms with Gasteiger partial charge in [-0.2, -0.15) is 79.0 Å². The van der Waals surface area contributed by atoms with Crippen molar-refractivity contribution in [2.75, 3.05) is 11.5 Å². The maximum atomic E-state index is 13.8. The second-order valence-electron chi connectivity index (χ2n) is 8.85. The predicted molar refractivity (Wildman–Crippen MR) is 118 cm³/mol. The van der Waals surface area contributed by atoms with E-state index >= 15 is 0 Å². The van der Waals surface area contributed by atoms with Crippen molar-refractivity contribution in [1.82, 2.24) is 0 Å². The molecule has 4 N–H and O–H groups in total. The van der Waals surface area contributed by atoms with Gasteiger partial charge in [-0.15, -0.1) is 0 Å². The molecular formula is C24H10F18N2O2. The van der Waals surface area contributed by atoms with Gasteiger partial charge in [0, 0.05) is 17.4 Å². The Morgan fingerprint density at radius 3 is 0.891 bits per heavy atom. The molecule has 3 aromatic carbocycles. The number of halogens is 18. The lowest BCUT2D eigenvalue weighted by atomic mass is 10.0. The Hall–Kier alpha value is -4.40. The van der Waals surface area contributed by atoms with Crippen LogP contribution >= 0.6 is 0 Å². The second-order valence-corrected chi connectivity index (χ2v) is 8.85. The summed E-state index contributed by atoms with van der Waals surface area (Å²) in [5.41, 5.74) is -8.82. The number of hydrogen-bond acceptors (Lipinski definition) is 4. The lowest BCUT2D eigenvalue weighted by molar-refractivity contribution is -0.146. The maximum Gasteiger partial charge on any atom is 0.421 e. The molecule has 0 saturated carbocycles. The molecule has 0 aliphatic rings. The molecule has 0 amide bonds. The molecule has 3 aromatic rings. The minimum Gasteiger partial charge on any atom is -0.455 e. The van der Waals surface area contributed by atoms with Crippen molar-refractivity contribution in [3.05, 3.63) is 69.8 Å². The fraction of sp³-hybridized carbons (Fsp3) is 0.250. The largest absolute Gasteiger partial charge is 0.455 e. The molecule has 254 valence electrons. The molecular weight excluding hydrogens is 690 g/mol. The third kappa shape index (κ3) is 7.35. The van der Waals surface area contributed by atoms with Gasteiger partial charge in [0.2, 0.25) is 0 Å². The van der Waals surface area contributed by atoms with Crippen LogP contribution in [0.1, 0.15) is 33.4 Å². The van der Waals surface area contributed by atoms with Crippen molar-refractivity contribution >= 4 is 11.4 Å². The van der Waals surface area contributed by atoms with Crippen LogP contribution < -0.4 is 20.9 Å². The molecule has 0 spiro atoms. The summed E-state index contributed by atoms with van der Waals surface area (Å²) in [5.74, 6) is -9.95. The summed E-state index contributed by atoms with van der Waals surface area (Å²) < 4.78 is 255. The molecule has 0 bridgehead atoms. The Labute approximate surface area is 242 Å². The first kappa shape index (κ1) is 36.1. The number of hydrogen-bond donors (Lipinski definition) is 2. The highest BCUT2D eigenvalue weighted by Gasteiger charge is 2.48. The van der Waals surface area contributed by atoms with E-state index in [4.69, 9.17) is 11.5 Å². The summed E-state index contributed by atoms with van der Waals surface area (Å²) in [6.45, 7) is 0. The molecule has 0 unspecified atom stereocenters. The molecule has 0 aliphatic heterocycles. The molecule has 3 rings (SSSR count). The highest BCUT2D eigenvalue weighted by Crippen LogP contribution is 2.54. The molecule has 0 radical (unpaired) electrons. The first-order valence-corrected chi connectivity index (χ1v) is 11.3. The van der Waals surface area contributed by atoms with E-state index in [0.717, 1.165) is 0 Å². The molecule has 0 aromatic heterocycles. The standard InChI is InChI=1S/C24H10F18N2O2/c25-19(26,27)7-1-3-11(43)15(23(37,38)39)17(7)45-13-6-14(10(22(34,35)36)5-9(13)21(31,32)33)46-18-8(20(28,29)30)2-4-12(44)16(18)24(40,41)42/h1-6H,43-44H2. The fourth-order valence-corrected chi connectivity index (χ4v) is 3.83. The van der Waals surface area contributed by atoms with Crippen molar-refractivity contribution in [3.63, 3.8) is 0 Å². The Morgan fingerprint density at radius 2 is 0.652 bits per heavy atom. The number of alkyl halides is 18. The van der Waals surface area contributed by atoms with Gasteiger partial charge in [-0.25, -0.2) is 0 Å². The van der Waals surface area contributed by atoms with Gasteiger partial charge in [0.05, 0.1) is 22.3 Å². The van der Waals surface area contributed by atoms with Crippen LogP contribution in [0.5, 0.6) is 23.0 Å². The highest BCUT2D eigenvalue weighted by molar-refractivity contribution is 5.64. The smallest absolute Gasteiger partial charge is 0.421 e. The van der Waals surface area contributed by atoms with Crippen LogP contribution in [0.2, 0.25) is 0 Å². The number of nitrogen functional groups attached to an aromatic ring is 2. The first-order chi connectivity index (χ1) is 20.5.